The monoisotopic (exact) mass is 254 g/mol. The highest BCUT2D eigenvalue weighted by Gasteiger charge is 2.11. The average Bonchev–Trinajstić information content (AvgIpc) is 2.85. The number of guanidine groups is 1. The molecule has 0 saturated carbocycles. The van der Waals surface area contributed by atoms with Crippen LogP contribution in [0.2, 0.25) is 0 Å². The molecule has 19 heavy (non-hydrogen) atoms. The Morgan fingerprint density at radius 1 is 1.26 bits per heavy atom. The number of benzene rings is 1. The van der Waals surface area contributed by atoms with Crippen LogP contribution in [0.3, 0.4) is 0 Å². The van der Waals surface area contributed by atoms with E-state index in [1.54, 1.807) is 0 Å². The molecule has 98 valence electrons. The molecule has 1 N–H and O–H groups in total. The molecule has 1 aromatic carbocycles. The molecule has 2 heterocycles. The van der Waals surface area contributed by atoms with Crippen LogP contribution in [0.4, 0.5) is 0 Å². The van der Waals surface area contributed by atoms with Gasteiger partial charge in [-0.15, -0.1) is 0 Å². The van der Waals surface area contributed by atoms with Crippen molar-refractivity contribution < 1.29 is 0 Å². The normalized spacial score (nSPS) is 14.8. The summed E-state index contributed by atoms with van der Waals surface area (Å²) in [5, 5.41) is 4.60. The molecule has 0 atom stereocenters. The molecule has 0 saturated heterocycles. The van der Waals surface area contributed by atoms with E-state index < -0.39 is 0 Å². The fraction of sp³-hybridized carbons (Fsp3) is 0.333. The van der Waals surface area contributed by atoms with Gasteiger partial charge in [-0.1, -0.05) is 24.3 Å². The molecular formula is C15H18N4. The van der Waals surface area contributed by atoms with Crippen molar-refractivity contribution in [1.29, 1.82) is 0 Å². The van der Waals surface area contributed by atoms with Crippen LogP contribution in [0.5, 0.6) is 0 Å². The lowest BCUT2D eigenvalue weighted by Gasteiger charge is -2.15. The molecule has 0 spiro atoms. The van der Waals surface area contributed by atoms with Gasteiger partial charge in [0.05, 0.1) is 12.1 Å². The number of fused-ring (bicyclic) bond motifs is 1. The molecule has 0 bridgehead atoms. The summed E-state index contributed by atoms with van der Waals surface area (Å²) in [5.74, 6) is 1.01. The van der Waals surface area contributed by atoms with E-state index >= 15 is 0 Å². The van der Waals surface area contributed by atoms with Crippen molar-refractivity contribution in [2.75, 3.05) is 26.7 Å². The molecule has 4 nitrogen and oxygen atoms in total. The van der Waals surface area contributed by atoms with Crippen molar-refractivity contribution in [3.05, 3.63) is 42.1 Å². The van der Waals surface area contributed by atoms with Crippen LogP contribution in [0.1, 0.15) is 5.56 Å². The Bertz CT molecular complexity index is 601. The number of aromatic nitrogens is 1. The maximum absolute atomic E-state index is 4.48. The molecule has 2 aromatic rings. The molecule has 4 heteroatoms. The summed E-state index contributed by atoms with van der Waals surface area (Å²) in [5.41, 5.74) is 2.39. The predicted molar refractivity (Wildman–Crippen MR) is 78.4 cm³/mol. The number of hydrogen-bond acceptors (Lipinski definition) is 4. The lowest BCUT2D eigenvalue weighted by Crippen LogP contribution is -2.36. The number of pyridine rings is 1. The summed E-state index contributed by atoms with van der Waals surface area (Å²) in [6.07, 6.45) is 2.81. The van der Waals surface area contributed by atoms with Crippen molar-refractivity contribution in [3.8, 4) is 0 Å². The topological polar surface area (TPSA) is 40.5 Å². The van der Waals surface area contributed by atoms with Gasteiger partial charge in [-0.25, -0.2) is 0 Å². The lowest BCUT2D eigenvalue weighted by atomic mass is 10.1. The second-order valence-electron chi connectivity index (χ2n) is 4.80. The van der Waals surface area contributed by atoms with E-state index in [4.69, 9.17) is 0 Å². The summed E-state index contributed by atoms with van der Waals surface area (Å²) in [7, 11) is 2.07. The molecule has 0 unspecified atom stereocenters. The van der Waals surface area contributed by atoms with Crippen LogP contribution in [0.15, 0.2) is 41.5 Å². The number of rotatable bonds is 3. The van der Waals surface area contributed by atoms with Crippen LogP contribution in [-0.4, -0.2) is 42.5 Å². The fourth-order valence-corrected chi connectivity index (χ4v) is 2.40. The Morgan fingerprint density at radius 3 is 3.00 bits per heavy atom. The molecule has 0 radical (unpaired) electrons. The van der Waals surface area contributed by atoms with Gasteiger partial charge in [-0.2, -0.15) is 0 Å². The first-order valence-corrected chi connectivity index (χ1v) is 6.67. The Balaban J connectivity index is 1.69. The zero-order valence-electron chi connectivity index (χ0n) is 11.1. The Labute approximate surface area is 113 Å². The summed E-state index contributed by atoms with van der Waals surface area (Å²) in [6, 6.07) is 10.4. The average molecular weight is 254 g/mol. The van der Waals surface area contributed by atoms with Gasteiger partial charge in [0.15, 0.2) is 5.96 Å². The largest absolute Gasteiger partial charge is 0.356 e. The van der Waals surface area contributed by atoms with E-state index in [0.29, 0.717) is 0 Å². The van der Waals surface area contributed by atoms with Gasteiger partial charge in [-0.3, -0.25) is 9.98 Å². The Hall–Kier alpha value is -2.10. The third-order valence-electron chi connectivity index (χ3n) is 3.45. The van der Waals surface area contributed by atoms with Gasteiger partial charge >= 0.3 is 0 Å². The van der Waals surface area contributed by atoms with Gasteiger partial charge in [0, 0.05) is 31.7 Å². The van der Waals surface area contributed by atoms with Gasteiger partial charge in [0.25, 0.3) is 0 Å². The highest BCUT2D eigenvalue weighted by Crippen LogP contribution is 2.15. The van der Waals surface area contributed by atoms with Gasteiger partial charge in [0.1, 0.15) is 0 Å². The number of likely N-dealkylation sites (N-methyl/N-ethyl adjacent to an activating group) is 1. The minimum absolute atomic E-state index is 0.888. The van der Waals surface area contributed by atoms with Crippen molar-refractivity contribution >= 4 is 16.9 Å². The van der Waals surface area contributed by atoms with E-state index in [0.717, 1.165) is 37.5 Å². The summed E-state index contributed by atoms with van der Waals surface area (Å²) in [4.78, 5) is 11.1. The van der Waals surface area contributed by atoms with Gasteiger partial charge in [0.2, 0.25) is 0 Å². The van der Waals surface area contributed by atoms with Crippen LogP contribution < -0.4 is 5.32 Å². The molecule has 1 aliphatic heterocycles. The SMILES string of the molecule is CN1CCN=C1NCCc1cccc2cccnc12. The number of aliphatic imine (C=N–C) groups is 1. The highest BCUT2D eigenvalue weighted by atomic mass is 15.3. The summed E-state index contributed by atoms with van der Waals surface area (Å²) >= 11 is 0. The van der Waals surface area contributed by atoms with E-state index in [1.807, 2.05) is 12.3 Å². The number of para-hydroxylation sites is 1. The molecule has 0 fully saturated rings. The van der Waals surface area contributed by atoms with E-state index in [1.165, 1.54) is 10.9 Å². The first-order valence-electron chi connectivity index (χ1n) is 6.67. The van der Waals surface area contributed by atoms with Crippen molar-refractivity contribution in [2.24, 2.45) is 4.99 Å². The van der Waals surface area contributed by atoms with Crippen molar-refractivity contribution in [3.63, 3.8) is 0 Å². The molecule has 3 rings (SSSR count). The number of nitrogens with zero attached hydrogens (tertiary/aromatic N) is 3. The fourth-order valence-electron chi connectivity index (χ4n) is 2.40. The predicted octanol–water partition coefficient (Wildman–Crippen LogP) is 1.67. The smallest absolute Gasteiger partial charge is 0.193 e. The molecule has 0 aliphatic carbocycles. The third kappa shape index (κ3) is 2.52. The zero-order chi connectivity index (χ0) is 13.1. The quantitative estimate of drug-likeness (QED) is 0.905. The van der Waals surface area contributed by atoms with Crippen molar-refractivity contribution in [1.82, 2.24) is 15.2 Å². The third-order valence-corrected chi connectivity index (χ3v) is 3.45. The van der Waals surface area contributed by atoms with E-state index in [9.17, 15) is 0 Å². The molecule has 0 amide bonds. The zero-order valence-corrected chi connectivity index (χ0v) is 11.1. The second kappa shape index (κ2) is 5.26. The first-order chi connectivity index (χ1) is 9.34. The highest BCUT2D eigenvalue weighted by molar-refractivity contribution is 5.82. The van der Waals surface area contributed by atoms with Gasteiger partial charge in [-0.05, 0) is 18.1 Å². The maximum Gasteiger partial charge on any atom is 0.193 e. The van der Waals surface area contributed by atoms with Crippen LogP contribution in [0.25, 0.3) is 10.9 Å². The molecule has 1 aromatic heterocycles. The summed E-state index contributed by atoms with van der Waals surface area (Å²) in [6.45, 7) is 2.80. The van der Waals surface area contributed by atoms with Crippen LogP contribution >= 0.6 is 0 Å². The Kier molecular flexibility index (Phi) is 3.31. The van der Waals surface area contributed by atoms with Crippen molar-refractivity contribution in [2.45, 2.75) is 6.42 Å². The lowest BCUT2D eigenvalue weighted by molar-refractivity contribution is 0.534. The minimum atomic E-state index is 0.888. The maximum atomic E-state index is 4.48. The number of nitrogens with one attached hydrogen (secondary N) is 1. The Morgan fingerprint density at radius 2 is 2.16 bits per heavy atom. The summed E-state index contributed by atoms with van der Waals surface area (Å²) < 4.78 is 0. The van der Waals surface area contributed by atoms with Crippen LogP contribution in [-0.2, 0) is 6.42 Å². The second-order valence-corrected chi connectivity index (χ2v) is 4.80. The molecular weight excluding hydrogens is 236 g/mol. The first kappa shape index (κ1) is 12.0. The van der Waals surface area contributed by atoms with Crippen LogP contribution in [0, 0.1) is 0 Å². The minimum Gasteiger partial charge on any atom is -0.356 e. The van der Waals surface area contributed by atoms with E-state index in [-0.39, 0.29) is 0 Å². The van der Waals surface area contributed by atoms with E-state index in [2.05, 4.69) is 51.5 Å². The molecule has 1 aliphatic rings. The number of hydrogen-bond donors (Lipinski definition) is 1. The van der Waals surface area contributed by atoms with Gasteiger partial charge < -0.3 is 10.2 Å². The standard InChI is InChI=1S/C15H18N4/c1-19-11-10-18-15(19)17-9-7-13-5-2-4-12-6-3-8-16-14(12)13/h2-6,8H,7,9-11H2,1H3,(H,17,18).